The molecule has 55 heavy (non-hydrogen) atoms. The van der Waals surface area contributed by atoms with Crippen LogP contribution in [-0.4, -0.2) is 86.1 Å². The summed E-state index contributed by atoms with van der Waals surface area (Å²) in [7, 11) is 1.35. The molecule has 10 nitrogen and oxygen atoms in total. The van der Waals surface area contributed by atoms with Gasteiger partial charge in [-0.3, -0.25) is 18.6 Å². The van der Waals surface area contributed by atoms with Gasteiger partial charge in [-0.1, -0.05) is 133 Å². The van der Waals surface area contributed by atoms with Crippen LogP contribution in [0, 0.1) is 0 Å². The molecule has 0 fully saturated rings. The molecule has 0 amide bonds. The van der Waals surface area contributed by atoms with Crippen LogP contribution in [0.5, 0.6) is 0 Å². The number of unbranched alkanes of at least 4 members (excludes halogenated alkanes) is 15. The fraction of sp³-hybridized carbons (Fsp3) is 0.773. The molecule has 0 saturated heterocycles. The molecule has 3 atom stereocenters. The lowest BCUT2D eigenvalue weighted by atomic mass is 10.1. The molecule has 0 radical (unpaired) electrons. The molecule has 0 saturated carbocycles. The highest BCUT2D eigenvalue weighted by molar-refractivity contribution is 7.47. The predicted molar refractivity (Wildman–Crippen MR) is 226 cm³/mol. The van der Waals surface area contributed by atoms with Crippen molar-refractivity contribution in [2.24, 2.45) is 0 Å². The first-order valence-corrected chi connectivity index (χ1v) is 23.0. The zero-order valence-electron chi connectivity index (χ0n) is 35.5. The minimum Gasteiger partial charge on any atom is -0.462 e. The number of nitrogens with zero attached hydrogens (tertiary/aromatic N) is 1. The van der Waals surface area contributed by atoms with Gasteiger partial charge in [-0.2, -0.15) is 0 Å². The summed E-state index contributed by atoms with van der Waals surface area (Å²) in [5.74, 6) is -1.01. The maximum atomic E-state index is 12.7. The van der Waals surface area contributed by atoms with E-state index in [0.29, 0.717) is 30.3 Å². The number of carbonyl (C=O) groups excluding carboxylic acids is 2. The fourth-order valence-electron chi connectivity index (χ4n) is 5.49. The second kappa shape index (κ2) is 36.3. The second-order valence-electron chi connectivity index (χ2n) is 15.6. The number of aliphatic hydroxyl groups excluding tert-OH is 1. The normalized spacial score (nSPS) is 14.7. The van der Waals surface area contributed by atoms with Crippen molar-refractivity contribution in [1.82, 2.24) is 0 Å². The molecule has 0 spiro atoms. The number of carbonyl (C=O) groups is 2. The lowest BCUT2D eigenvalue weighted by Crippen LogP contribution is -2.37. The van der Waals surface area contributed by atoms with Crippen molar-refractivity contribution >= 4 is 19.8 Å². The lowest BCUT2D eigenvalue weighted by Gasteiger charge is -2.24. The summed E-state index contributed by atoms with van der Waals surface area (Å²) in [5.41, 5.74) is 0. The third-order valence-electron chi connectivity index (χ3n) is 8.94. The highest BCUT2D eigenvalue weighted by Gasteiger charge is 2.27. The summed E-state index contributed by atoms with van der Waals surface area (Å²) in [6.45, 7) is 4.15. The van der Waals surface area contributed by atoms with Crippen LogP contribution in [0.4, 0.5) is 0 Å². The summed E-state index contributed by atoms with van der Waals surface area (Å²) in [4.78, 5) is 35.3. The van der Waals surface area contributed by atoms with E-state index in [1.807, 2.05) is 33.3 Å². The lowest BCUT2D eigenvalue weighted by molar-refractivity contribution is -0.870. The second-order valence-corrected chi connectivity index (χ2v) is 17.0. The van der Waals surface area contributed by atoms with Gasteiger partial charge in [0.1, 0.15) is 19.8 Å². The number of phosphoric ester groups is 1. The zero-order chi connectivity index (χ0) is 40.9. The predicted octanol–water partition coefficient (Wildman–Crippen LogP) is 10.9. The molecule has 0 aromatic rings. The standard InChI is InChI=1S/C44H80NO9P/c1-6-8-10-12-14-16-18-20-22-24-26-28-30-33-41(46)34-32-36-44(48)54-42(40-53-55(49,50)52-38-37-45(3,4)5)39-51-43(47)35-31-29-27-25-23-21-19-17-15-13-11-9-7-2/h17,19-20,22,26,28,30,33,41-42,46H,6-16,18,21,23-25,27,29,31-32,34-40H2,1-5H3/p+1/b19-17-,22-20+,28-26+,33-30+/t41?,42-/m1/s1. The van der Waals surface area contributed by atoms with E-state index in [1.165, 1.54) is 64.2 Å². The van der Waals surface area contributed by atoms with Crippen LogP contribution in [0.3, 0.4) is 0 Å². The van der Waals surface area contributed by atoms with Gasteiger partial charge < -0.3 is 24.0 Å². The van der Waals surface area contributed by atoms with Crippen molar-refractivity contribution in [3.63, 3.8) is 0 Å². The molecule has 0 bridgehead atoms. The van der Waals surface area contributed by atoms with Gasteiger partial charge in [0.05, 0.1) is 33.9 Å². The highest BCUT2D eigenvalue weighted by Crippen LogP contribution is 2.43. The first kappa shape index (κ1) is 52.9. The summed E-state index contributed by atoms with van der Waals surface area (Å²) in [5, 5.41) is 10.3. The van der Waals surface area contributed by atoms with E-state index in [1.54, 1.807) is 12.2 Å². The molecule has 0 aliphatic heterocycles. The van der Waals surface area contributed by atoms with Gasteiger partial charge >= 0.3 is 19.8 Å². The van der Waals surface area contributed by atoms with E-state index in [2.05, 4.69) is 38.2 Å². The Morgan fingerprint density at radius 3 is 1.82 bits per heavy atom. The molecule has 11 heteroatoms. The van der Waals surface area contributed by atoms with Crippen LogP contribution in [0.1, 0.15) is 162 Å². The van der Waals surface area contributed by atoms with Gasteiger partial charge in [-0.15, -0.1) is 0 Å². The van der Waals surface area contributed by atoms with E-state index in [9.17, 15) is 24.2 Å². The molecule has 0 aromatic heterocycles. The number of quaternary nitrogens is 1. The largest absolute Gasteiger partial charge is 0.472 e. The maximum Gasteiger partial charge on any atom is 0.472 e. The van der Waals surface area contributed by atoms with Gasteiger partial charge in [0, 0.05) is 12.8 Å². The van der Waals surface area contributed by atoms with Crippen molar-refractivity contribution < 1.29 is 47.2 Å². The number of esters is 2. The number of hydrogen-bond donors (Lipinski definition) is 2. The molecule has 0 aliphatic carbocycles. The molecule has 0 aliphatic rings. The van der Waals surface area contributed by atoms with Gasteiger partial charge in [0.2, 0.25) is 0 Å². The fourth-order valence-corrected chi connectivity index (χ4v) is 6.23. The maximum absolute atomic E-state index is 12.7. The number of likely N-dealkylation sites (N-methyl/N-ethyl adjacent to an activating group) is 1. The Morgan fingerprint density at radius 2 is 1.20 bits per heavy atom. The molecule has 2 unspecified atom stereocenters. The Labute approximate surface area is 336 Å². The van der Waals surface area contributed by atoms with E-state index >= 15 is 0 Å². The first-order valence-electron chi connectivity index (χ1n) is 21.5. The third-order valence-corrected chi connectivity index (χ3v) is 9.92. The molecule has 2 N–H and O–H groups in total. The molecular weight excluding hydrogens is 717 g/mol. The minimum absolute atomic E-state index is 0.00450. The molecule has 0 aromatic carbocycles. The summed E-state index contributed by atoms with van der Waals surface area (Å²) < 4.78 is 34.1. The van der Waals surface area contributed by atoms with Crippen molar-refractivity contribution in [2.75, 3.05) is 47.5 Å². The van der Waals surface area contributed by atoms with Crippen LogP contribution in [-0.2, 0) is 32.7 Å². The Kier molecular flexibility index (Phi) is 34.9. The van der Waals surface area contributed by atoms with Crippen LogP contribution in [0.25, 0.3) is 0 Å². The quantitative estimate of drug-likeness (QED) is 0.0157. The Hall–Kier alpha value is -2.07. The first-order chi connectivity index (χ1) is 26.4. The molecular formula is C44H81NO9P+. The van der Waals surface area contributed by atoms with E-state index < -0.39 is 38.6 Å². The summed E-state index contributed by atoms with van der Waals surface area (Å²) in [6, 6.07) is 0. The molecule has 320 valence electrons. The average Bonchev–Trinajstić information content (AvgIpc) is 3.12. The Balaban J connectivity index is 4.60. The monoisotopic (exact) mass is 799 g/mol. The van der Waals surface area contributed by atoms with Gasteiger partial charge in [0.15, 0.2) is 6.10 Å². The van der Waals surface area contributed by atoms with E-state index in [4.69, 9.17) is 18.5 Å². The Morgan fingerprint density at radius 1 is 0.655 bits per heavy atom. The van der Waals surface area contributed by atoms with Crippen molar-refractivity contribution in [3.05, 3.63) is 48.6 Å². The van der Waals surface area contributed by atoms with E-state index in [-0.39, 0.29) is 26.1 Å². The minimum atomic E-state index is -4.43. The average molecular weight is 799 g/mol. The number of hydrogen-bond acceptors (Lipinski definition) is 8. The van der Waals surface area contributed by atoms with Gasteiger partial charge in [0.25, 0.3) is 0 Å². The number of aliphatic hydroxyl groups is 1. The third kappa shape index (κ3) is 39.9. The summed E-state index contributed by atoms with van der Waals surface area (Å²) in [6.07, 6.45) is 37.6. The summed E-state index contributed by atoms with van der Waals surface area (Å²) >= 11 is 0. The van der Waals surface area contributed by atoms with Crippen LogP contribution < -0.4 is 0 Å². The number of phosphoric acid groups is 1. The van der Waals surface area contributed by atoms with Crippen LogP contribution >= 0.6 is 7.82 Å². The van der Waals surface area contributed by atoms with Gasteiger partial charge in [-0.25, -0.2) is 4.57 Å². The smallest absolute Gasteiger partial charge is 0.462 e. The van der Waals surface area contributed by atoms with Crippen molar-refractivity contribution in [2.45, 2.75) is 174 Å². The highest BCUT2D eigenvalue weighted by atomic mass is 31.2. The number of allylic oxidation sites excluding steroid dienone is 7. The molecule has 0 rings (SSSR count). The Bertz CT molecular complexity index is 1100. The van der Waals surface area contributed by atoms with Crippen LogP contribution in [0.15, 0.2) is 48.6 Å². The van der Waals surface area contributed by atoms with E-state index in [0.717, 1.165) is 51.4 Å². The topological polar surface area (TPSA) is 129 Å². The van der Waals surface area contributed by atoms with Crippen molar-refractivity contribution in [1.29, 1.82) is 0 Å². The molecule has 0 heterocycles. The zero-order valence-corrected chi connectivity index (χ0v) is 36.4. The van der Waals surface area contributed by atoms with Crippen molar-refractivity contribution in [3.8, 4) is 0 Å². The number of ether oxygens (including phenoxy) is 2. The number of rotatable bonds is 38. The van der Waals surface area contributed by atoms with Gasteiger partial charge in [-0.05, 0) is 64.2 Å². The SMILES string of the molecule is CCCCCC/C=C\CCCCCCCC(=O)OC[C@H](COP(=O)(O)OCC[N+](C)(C)C)OC(=O)CCCC(O)/C=C/C=C/C/C=C/CCCCCCCC. The van der Waals surface area contributed by atoms with Crippen LogP contribution in [0.2, 0.25) is 0 Å².